The second-order valence-corrected chi connectivity index (χ2v) is 6.65. The van der Waals surface area contributed by atoms with Crippen molar-refractivity contribution in [3.8, 4) is 0 Å². The normalized spacial score (nSPS) is 17.3. The van der Waals surface area contributed by atoms with Crippen LogP contribution in [0.2, 0.25) is 0 Å². The summed E-state index contributed by atoms with van der Waals surface area (Å²) in [5, 5.41) is 12.5. The number of esters is 1. The summed E-state index contributed by atoms with van der Waals surface area (Å²) < 4.78 is 5.33. The molecular weight excluding hydrogens is 326 g/mol. The molecule has 26 heavy (non-hydrogen) atoms. The van der Waals surface area contributed by atoms with Gasteiger partial charge in [-0.1, -0.05) is 61.7 Å². The summed E-state index contributed by atoms with van der Waals surface area (Å²) in [6, 6.07) is 9.53. The van der Waals surface area contributed by atoms with E-state index in [-0.39, 0.29) is 24.1 Å². The number of rotatable bonds is 6. The number of hydrogen-bond donors (Lipinski definition) is 2. The zero-order valence-electron chi connectivity index (χ0n) is 15.9. The van der Waals surface area contributed by atoms with E-state index in [1.165, 1.54) is 0 Å². The van der Waals surface area contributed by atoms with Crippen LogP contribution in [0.3, 0.4) is 0 Å². The Labute approximate surface area is 157 Å². The van der Waals surface area contributed by atoms with Crippen molar-refractivity contribution in [2.75, 3.05) is 13.1 Å². The van der Waals surface area contributed by atoms with Gasteiger partial charge < -0.3 is 15.2 Å². The minimum atomic E-state index is -0.384. The average Bonchev–Trinajstić information content (AvgIpc) is 2.60. The molecule has 0 aromatic heterocycles. The molecule has 1 heterocycles. The number of ether oxygens (including phenoxy) is 1. The van der Waals surface area contributed by atoms with Gasteiger partial charge in [-0.2, -0.15) is 0 Å². The van der Waals surface area contributed by atoms with Crippen molar-refractivity contribution >= 4 is 5.97 Å². The van der Waals surface area contributed by atoms with Gasteiger partial charge in [0.2, 0.25) is 0 Å². The molecule has 0 saturated carbocycles. The Balaban J connectivity index is 0.000000350. The number of aliphatic hydroxyl groups is 1. The van der Waals surface area contributed by atoms with Crippen LogP contribution in [0, 0.1) is 0 Å². The van der Waals surface area contributed by atoms with Crippen LogP contribution in [0.4, 0.5) is 0 Å². The van der Waals surface area contributed by atoms with Crippen LogP contribution in [0.15, 0.2) is 67.3 Å². The van der Waals surface area contributed by atoms with Crippen LogP contribution >= 0.6 is 0 Å². The third kappa shape index (κ3) is 8.79. The summed E-state index contributed by atoms with van der Waals surface area (Å²) in [7, 11) is 0. The molecule has 1 fully saturated rings. The van der Waals surface area contributed by atoms with Crippen LogP contribution in [-0.2, 0) is 16.0 Å². The van der Waals surface area contributed by atoms with Crippen molar-refractivity contribution in [3.05, 3.63) is 72.9 Å². The maximum Gasteiger partial charge on any atom is 0.310 e. The number of allylic oxidation sites excluding steroid dienone is 2. The third-order valence-electron chi connectivity index (χ3n) is 4.20. The molecule has 1 saturated heterocycles. The quantitative estimate of drug-likeness (QED) is 0.603. The van der Waals surface area contributed by atoms with E-state index in [0.717, 1.165) is 37.1 Å². The summed E-state index contributed by atoms with van der Waals surface area (Å²) in [6.45, 7) is 12.9. The number of carbonyl (C=O) groups is 1. The van der Waals surface area contributed by atoms with Crippen molar-refractivity contribution < 1.29 is 14.6 Å². The monoisotopic (exact) mass is 357 g/mol. The van der Waals surface area contributed by atoms with E-state index in [1.54, 1.807) is 18.2 Å². The number of carbonyl (C=O) groups excluding carboxylic acids is 1. The highest BCUT2D eigenvalue weighted by atomic mass is 16.5. The van der Waals surface area contributed by atoms with E-state index in [4.69, 9.17) is 4.74 Å². The first-order chi connectivity index (χ1) is 12.4. The molecule has 0 radical (unpaired) electrons. The molecule has 1 aliphatic heterocycles. The van der Waals surface area contributed by atoms with Crippen molar-refractivity contribution in [2.45, 2.75) is 44.8 Å². The predicted octanol–water partition coefficient (Wildman–Crippen LogP) is 3.58. The molecule has 1 aliphatic rings. The van der Waals surface area contributed by atoms with Gasteiger partial charge in [0.1, 0.15) is 6.10 Å². The van der Waals surface area contributed by atoms with Gasteiger partial charge in [0.05, 0.1) is 12.0 Å². The lowest BCUT2D eigenvalue weighted by atomic mass is 9.95. The fourth-order valence-corrected chi connectivity index (χ4v) is 2.54. The molecule has 4 nitrogen and oxygen atoms in total. The highest BCUT2D eigenvalue weighted by molar-refractivity contribution is 5.73. The Hall–Kier alpha value is -2.17. The van der Waals surface area contributed by atoms with Gasteiger partial charge in [-0.05, 0) is 50.9 Å². The van der Waals surface area contributed by atoms with E-state index in [2.05, 4.69) is 18.5 Å². The SMILES string of the molecule is C=C/C=C(\C=C)C(C)OC(=O)Cc1ccccc1.CC1(O)CCNCC1. The molecule has 1 atom stereocenters. The van der Waals surface area contributed by atoms with Crippen LogP contribution < -0.4 is 5.32 Å². The summed E-state index contributed by atoms with van der Waals surface area (Å²) in [5.74, 6) is -0.245. The molecule has 0 amide bonds. The summed E-state index contributed by atoms with van der Waals surface area (Å²) in [4.78, 5) is 11.7. The van der Waals surface area contributed by atoms with Crippen LogP contribution in [0.1, 0.15) is 32.3 Å². The van der Waals surface area contributed by atoms with Gasteiger partial charge in [0.15, 0.2) is 0 Å². The van der Waals surface area contributed by atoms with Crippen LogP contribution in [0.25, 0.3) is 0 Å². The lowest BCUT2D eigenvalue weighted by molar-refractivity contribution is -0.145. The molecule has 1 unspecified atom stereocenters. The van der Waals surface area contributed by atoms with Gasteiger partial charge in [0.25, 0.3) is 0 Å². The molecule has 0 bridgehead atoms. The van der Waals surface area contributed by atoms with Gasteiger partial charge in [-0.15, -0.1) is 0 Å². The van der Waals surface area contributed by atoms with Crippen molar-refractivity contribution in [1.29, 1.82) is 0 Å². The van der Waals surface area contributed by atoms with Gasteiger partial charge in [0, 0.05) is 0 Å². The molecule has 0 aliphatic carbocycles. The molecule has 1 aromatic rings. The van der Waals surface area contributed by atoms with E-state index < -0.39 is 0 Å². The second kappa shape index (κ2) is 11.4. The number of nitrogens with one attached hydrogen (secondary N) is 1. The Bertz CT molecular complexity index is 597. The van der Waals surface area contributed by atoms with Gasteiger partial charge in [-0.25, -0.2) is 0 Å². The maximum atomic E-state index is 11.7. The highest BCUT2D eigenvalue weighted by Crippen LogP contribution is 2.15. The highest BCUT2D eigenvalue weighted by Gasteiger charge is 2.22. The second-order valence-electron chi connectivity index (χ2n) is 6.65. The summed E-state index contributed by atoms with van der Waals surface area (Å²) in [5.41, 5.74) is 1.40. The Morgan fingerprint density at radius 3 is 2.38 bits per heavy atom. The molecule has 142 valence electrons. The first kappa shape index (κ1) is 21.9. The topological polar surface area (TPSA) is 58.6 Å². The van der Waals surface area contributed by atoms with E-state index in [9.17, 15) is 9.90 Å². The first-order valence-electron chi connectivity index (χ1n) is 8.99. The van der Waals surface area contributed by atoms with Gasteiger partial charge >= 0.3 is 5.97 Å². The molecule has 4 heteroatoms. The molecule has 1 aromatic carbocycles. The Morgan fingerprint density at radius 1 is 1.31 bits per heavy atom. The minimum Gasteiger partial charge on any atom is -0.458 e. The molecule has 0 spiro atoms. The number of hydrogen-bond acceptors (Lipinski definition) is 4. The Morgan fingerprint density at radius 2 is 1.92 bits per heavy atom. The lowest BCUT2D eigenvalue weighted by Crippen LogP contribution is -2.39. The van der Waals surface area contributed by atoms with E-state index in [1.807, 2.05) is 44.2 Å². The van der Waals surface area contributed by atoms with Crippen LogP contribution in [0.5, 0.6) is 0 Å². The fraction of sp³-hybridized carbons (Fsp3) is 0.409. The lowest BCUT2D eigenvalue weighted by Gasteiger charge is -2.27. The predicted molar refractivity (Wildman–Crippen MR) is 107 cm³/mol. The fourth-order valence-electron chi connectivity index (χ4n) is 2.54. The van der Waals surface area contributed by atoms with Crippen molar-refractivity contribution in [3.63, 3.8) is 0 Å². The standard InChI is InChI=1S/C16H18O2.C6H13NO/c1-4-9-15(5-2)13(3)18-16(17)12-14-10-7-6-8-11-14;1-6(8)2-4-7-5-3-6/h4-11,13H,1-2,12H2,3H3;7-8H,2-5H2,1H3/b15-9+;. The number of piperidine rings is 1. The maximum absolute atomic E-state index is 11.7. The van der Waals surface area contributed by atoms with Gasteiger partial charge in [-0.3, -0.25) is 4.79 Å². The molecular formula is C22H31NO3. The van der Waals surface area contributed by atoms with Crippen LogP contribution in [-0.4, -0.2) is 35.9 Å². The Kier molecular flexibility index (Phi) is 9.63. The zero-order valence-corrected chi connectivity index (χ0v) is 15.9. The van der Waals surface area contributed by atoms with E-state index >= 15 is 0 Å². The molecule has 2 rings (SSSR count). The first-order valence-corrected chi connectivity index (χ1v) is 8.99. The smallest absolute Gasteiger partial charge is 0.310 e. The van der Waals surface area contributed by atoms with Crippen molar-refractivity contribution in [2.24, 2.45) is 0 Å². The zero-order chi connectivity index (χ0) is 19.4. The summed E-state index contributed by atoms with van der Waals surface area (Å²) in [6.07, 6.45) is 6.87. The average molecular weight is 357 g/mol. The molecule has 2 N–H and O–H groups in total. The third-order valence-corrected chi connectivity index (χ3v) is 4.20. The minimum absolute atomic E-state index is 0.245. The van der Waals surface area contributed by atoms with Crippen molar-refractivity contribution in [1.82, 2.24) is 5.32 Å². The largest absolute Gasteiger partial charge is 0.458 e. The van der Waals surface area contributed by atoms with E-state index in [0.29, 0.717) is 0 Å². The summed E-state index contributed by atoms with van der Waals surface area (Å²) >= 11 is 0. The number of benzene rings is 1.